The quantitative estimate of drug-likeness (QED) is 0.691. The third kappa shape index (κ3) is 2.74. The molecule has 0 unspecified atom stereocenters. The van der Waals surface area contributed by atoms with Crippen molar-refractivity contribution in [2.75, 3.05) is 11.4 Å². The van der Waals surface area contributed by atoms with Crippen LogP contribution in [-0.4, -0.2) is 34.4 Å². The predicted octanol–water partition coefficient (Wildman–Crippen LogP) is 0.685. The summed E-state index contributed by atoms with van der Waals surface area (Å²) in [5, 5.41) is 20.8. The number of nitrogens with two attached hydrogens (primary N) is 1. The monoisotopic (exact) mass is 340 g/mol. The Morgan fingerprint density at radius 2 is 1.72 bits per heavy atom. The maximum atomic E-state index is 12.7. The second-order valence-electron chi connectivity index (χ2n) is 5.85. The standard InChI is InChI=1S/C18H16N2O5/c19-16(23)10-20-13-7-3-2-6-12(13)18(25,17(20)24)9-15(22)11-5-1-4-8-14(11)21/h1-8,21,25H,9-10H2,(H2,19,23)/t18-/m0/s1. The van der Waals surface area contributed by atoms with Crippen LogP contribution in [0.4, 0.5) is 5.69 Å². The molecule has 2 amide bonds. The van der Waals surface area contributed by atoms with Crippen molar-refractivity contribution in [3.8, 4) is 5.75 Å². The first-order chi connectivity index (χ1) is 11.8. The van der Waals surface area contributed by atoms with E-state index in [2.05, 4.69) is 0 Å². The number of aromatic hydroxyl groups is 1. The minimum absolute atomic E-state index is 0.00885. The molecule has 2 aromatic rings. The van der Waals surface area contributed by atoms with Crippen LogP contribution in [-0.2, 0) is 15.2 Å². The second kappa shape index (κ2) is 6.03. The number of anilines is 1. The largest absolute Gasteiger partial charge is 0.507 e. The van der Waals surface area contributed by atoms with Crippen molar-refractivity contribution in [3.63, 3.8) is 0 Å². The predicted molar refractivity (Wildman–Crippen MR) is 88.9 cm³/mol. The molecule has 1 aliphatic rings. The highest BCUT2D eigenvalue weighted by molar-refractivity contribution is 6.12. The number of hydrogen-bond acceptors (Lipinski definition) is 5. The van der Waals surface area contributed by atoms with Crippen molar-refractivity contribution < 1.29 is 24.6 Å². The van der Waals surface area contributed by atoms with Crippen LogP contribution in [0.5, 0.6) is 5.75 Å². The zero-order valence-corrected chi connectivity index (χ0v) is 13.2. The normalized spacial score (nSPS) is 18.9. The zero-order valence-electron chi connectivity index (χ0n) is 13.2. The van der Waals surface area contributed by atoms with Gasteiger partial charge in [-0.1, -0.05) is 30.3 Å². The minimum Gasteiger partial charge on any atom is -0.507 e. The molecule has 0 saturated heterocycles. The van der Waals surface area contributed by atoms with E-state index in [4.69, 9.17) is 5.73 Å². The summed E-state index contributed by atoms with van der Waals surface area (Å²) in [5.41, 5.74) is 3.63. The Bertz CT molecular complexity index is 879. The number of primary amides is 1. The molecule has 128 valence electrons. The van der Waals surface area contributed by atoms with Gasteiger partial charge in [0.2, 0.25) is 5.91 Å². The maximum Gasteiger partial charge on any atom is 0.264 e. The van der Waals surface area contributed by atoms with Gasteiger partial charge in [-0.25, -0.2) is 0 Å². The fraction of sp³-hybridized carbons (Fsp3) is 0.167. The summed E-state index contributed by atoms with van der Waals surface area (Å²) in [6.07, 6.45) is -0.560. The lowest BCUT2D eigenvalue weighted by Crippen LogP contribution is -2.44. The number of ketones is 1. The highest BCUT2D eigenvalue weighted by Gasteiger charge is 2.51. The number of Topliss-reactive ketones (excluding diaryl/α,β-unsaturated/α-hetero) is 1. The zero-order chi connectivity index (χ0) is 18.2. The number of nitrogens with zero attached hydrogens (tertiary/aromatic N) is 1. The summed E-state index contributed by atoms with van der Waals surface area (Å²) >= 11 is 0. The molecule has 1 atom stereocenters. The lowest BCUT2D eigenvalue weighted by atomic mass is 9.88. The van der Waals surface area contributed by atoms with E-state index in [0.29, 0.717) is 5.69 Å². The van der Waals surface area contributed by atoms with Gasteiger partial charge in [-0.15, -0.1) is 0 Å². The van der Waals surface area contributed by atoms with Gasteiger partial charge in [-0.2, -0.15) is 0 Å². The Morgan fingerprint density at radius 1 is 1.08 bits per heavy atom. The number of aliphatic hydroxyl groups is 1. The van der Waals surface area contributed by atoms with Gasteiger partial charge in [0, 0.05) is 5.56 Å². The van der Waals surface area contributed by atoms with Gasteiger partial charge in [-0.3, -0.25) is 19.3 Å². The van der Waals surface area contributed by atoms with Crippen molar-refractivity contribution in [1.82, 2.24) is 0 Å². The number of para-hydroxylation sites is 2. The van der Waals surface area contributed by atoms with Gasteiger partial charge < -0.3 is 15.9 Å². The molecular formula is C18H16N2O5. The van der Waals surface area contributed by atoms with Gasteiger partial charge in [0.05, 0.1) is 17.7 Å². The number of fused-ring (bicyclic) bond motifs is 1. The topological polar surface area (TPSA) is 121 Å². The summed E-state index contributed by atoms with van der Waals surface area (Å²) in [7, 11) is 0. The van der Waals surface area contributed by atoms with Crippen LogP contribution in [0.25, 0.3) is 0 Å². The molecule has 2 aromatic carbocycles. The smallest absolute Gasteiger partial charge is 0.264 e. The van der Waals surface area contributed by atoms with E-state index < -0.39 is 36.2 Å². The number of hydrogen-bond donors (Lipinski definition) is 3. The van der Waals surface area contributed by atoms with E-state index in [1.54, 1.807) is 30.3 Å². The molecule has 7 heteroatoms. The van der Waals surface area contributed by atoms with Gasteiger partial charge >= 0.3 is 0 Å². The van der Waals surface area contributed by atoms with Crippen LogP contribution in [0.1, 0.15) is 22.3 Å². The molecule has 1 aliphatic heterocycles. The second-order valence-corrected chi connectivity index (χ2v) is 5.85. The molecule has 0 aromatic heterocycles. The fourth-order valence-corrected chi connectivity index (χ4v) is 3.03. The number of phenolic OH excluding ortho intramolecular Hbond substituents is 1. The average Bonchev–Trinajstić information content (AvgIpc) is 2.77. The van der Waals surface area contributed by atoms with E-state index >= 15 is 0 Å². The molecule has 0 saturated carbocycles. The van der Waals surface area contributed by atoms with Crippen LogP contribution in [0.15, 0.2) is 48.5 Å². The maximum absolute atomic E-state index is 12.7. The Morgan fingerprint density at radius 3 is 2.40 bits per heavy atom. The van der Waals surface area contributed by atoms with Gasteiger partial charge in [0.1, 0.15) is 12.3 Å². The Kier molecular flexibility index (Phi) is 4.02. The van der Waals surface area contributed by atoms with Crippen LogP contribution < -0.4 is 10.6 Å². The Labute approximate surface area is 143 Å². The molecule has 0 radical (unpaired) electrons. The molecule has 3 rings (SSSR count). The number of rotatable bonds is 5. The Balaban J connectivity index is 2.00. The first kappa shape index (κ1) is 16.7. The third-order valence-electron chi connectivity index (χ3n) is 4.17. The molecular weight excluding hydrogens is 324 g/mol. The van der Waals surface area contributed by atoms with Gasteiger partial charge in [-0.05, 0) is 18.2 Å². The fourth-order valence-electron chi connectivity index (χ4n) is 3.03. The lowest BCUT2D eigenvalue weighted by molar-refractivity contribution is -0.136. The first-order valence-corrected chi connectivity index (χ1v) is 7.58. The number of carbonyl (C=O) groups excluding carboxylic acids is 3. The van der Waals surface area contributed by atoms with E-state index in [9.17, 15) is 24.6 Å². The highest BCUT2D eigenvalue weighted by Crippen LogP contribution is 2.42. The van der Waals surface area contributed by atoms with Crippen molar-refractivity contribution in [2.24, 2.45) is 5.73 Å². The third-order valence-corrected chi connectivity index (χ3v) is 4.17. The molecule has 0 spiro atoms. The van der Waals surface area contributed by atoms with E-state index in [-0.39, 0.29) is 16.9 Å². The first-order valence-electron chi connectivity index (χ1n) is 7.58. The molecule has 25 heavy (non-hydrogen) atoms. The number of benzene rings is 2. The van der Waals surface area contributed by atoms with E-state index in [0.717, 1.165) is 4.90 Å². The number of phenols is 1. The summed E-state index contributed by atoms with van der Waals surface area (Å²) in [6, 6.07) is 12.2. The molecule has 0 bridgehead atoms. The van der Waals surface area contributed by atoms with Crippen LogP contribution >= 0.6 is 0 Å². The Hall–Kier alpha value is -3.19. The van der Waals surface area contributed by atoms with Gasteiger partial charge in [0.25, 0.3) is 5.91 Å². The minimum atomic E-state index is -2.12. The van der Waals surface area contributed by atoms with Crippen LogP contribution in [0.3, 0.4) is 0 Å². The van der Waals surface area contributed by atoms with Crippen LogP contribution in [0.2, 0.25) is 0 Å². The van der Waals surface area contributed by atoms with Crippen molar-refractivity contribution in [3.05, 3.63) is 59.7 Å². The molecule has 4 N–H and O–H groups in total. The van der Waals surface area contributed by atoms with Crippen molar-refractivity contribution >= 4 is 23.3 Å². The van der Waals surface area contributed by atoms with Crippen molar-refractivity contribution in [2.45, 2.75) is 12.0 Å². The summed E-state index contributed by atoms with van der Waals surface area (Å²) in [5.74, 6) is -2.36. The molecule has 7 nitrogen and oxygen atoms in total. The van der Waals surface area contributed by atoms with Crippen LogP contribution in [0, 0.1) is 0 Å². The summed E-state index contributed by atoms with van der Waals surface area (Å²) < 4.78 is 0. The van der Waals surface area contributed by atoms with Crippen molar-refractivity contribution in [1.29, 1.82) is 0 Å². The van der Waals surface area contributed by atoms with E-state index in [1.165, 1.54) is 18.2 Å². The van der Waals surface area contributed by atoms with Gasteiger partial charge in [0.15, 0.2) is 11.4 Å². The molecule has 1 heterocycles. The molecule has 0 aliphatic carbocycles. The average molecular weight is 340 g/mol. The molecule has 0 fully saturated rings. The highest BCUT2D eigenvalue weighted by atomic mass is 16.3. The van der Waals surface area contributed by atoms with E-state index in [1.807, 2.05) is 0 Å². The number of amides is 2. The summed E-state index contributed by atoms with van der Waals surface area (Å²) in [6.45, 7) is -0.400. The SMILES string of the molecule is NC(=O)CN1C(=O)[C@](O)(CC(=O)c2ccccc2O)c2ccccc21. The number of carbonyl (C=O) groups is 3. The summed E-state index contributed by atoms with van der Waals surface area (Å²) in [4.78, 5) is 37.6. The lowest BCUT2D eigenvalue weighted by Gasteiger charge is -2.22.